The lowest BCUT2D eigenvalue weighted by Gasteiger charge is -2.13. The number of para-hydroxylation sites is 2. The molecule has 8 nitrogen and oxygen atoms in total. The molecule has 20 rings (SSSR count). The Balaban J connectivity index is 0.000000114. The fraction of sp³-hybridized carbons (Fsp3) is 0. The topological polar surface area (TPSA) is 98.1 Å². The zero-order valence-corrected chi connectivity index (χ0v) is 51.9. The number of hydrogen-bond donors (Lipinski definition) is 1. The van der Waals surface area contributed by atoms with Crippen LogP contribution in [0.3, 0.4) is 0 Å². The maximum absolute atomic E-state index is 5.99. The average molecular weight is 1250 g/mol. The first kappa shape index (κ1) is 54.4. The van der Waals surface area contributed by atoms with Gasteiger partial charge in [-0.3, -0.25) is 4.57 Å². The van der Waals surface area contributed by atoms with Crippen LogP contribution in [0.25, 0.3) is 179 Å². The monoisotopic (exact) mass is 1240 g/mol. The lowest BCUT2D eigenvalue weighted by molar-refractivity contribution is 0.955. The van der Waals surface area contributed by atoms with Gasteiger partial charge in [0.25, 0.3) is 0 Å². The van der Waals surface area contributed by atoms with E-state index in [0.717, 1.165) is 33.3 Å². The Hall–Kier alpha value is -11.5. The van der Waals surface area contributed by atoms with Gasteiger partial charge in [0.1, 0.15) is 0 Å². The third-order valence-electron chi connectivity index (χ3n) is 17.7. The summed E-state index contributed by atoms with van der Waals surface area (Å²) < 4.78 is 7.58. The van der Waals surface area contributed by atoms with Crippen LogP contribution in [-0.4, -0.2) is 39.5 Å². The van der Waals surface area contributed by atoms with E-state index in [1.165, 1.54) is 116 Å². The van der Waals surface area contributed by atoms with E-state index in [4.69, 9.17) is 26.6 Å². The number of benzene rings is 14. The highest BCUT2D eigenvalue weighted by Gasteiger charge is 2.26. The van der Waals surface area contributed by atoms with Crippen LogP contribution in [0.1, 0.15) is 0 Å². The van der Waals surface area contributed by atoms with Gasteiger partial charge in [-0.05, 0) is 57.4 Å². The lowest BCUT2D eigenvalue weighted by atomic mass is 9.95. The van der Waals surface area contributed by atoms with Crippen molar-refractivity contribution in [3.05, 3.63) is 296 Å². The summed E-state index contributed by atoms with van der Waals surface area (Å²) in [5, 5.41) is 20.9. The molecule has 0 aliphatic carbocycles. The molecule has 0 aliphatic rings. The Kier molecular flexibility index (Phi) is 13.1. The zero-order chi connectivity index (χ0) is 61.5. The molecule has 0 saturated heterocycles. The smallest absolute Gasteiger partial charge is 0.238 e. The molecule has 6 aromatic heterocycles. The van der Waals surface area contributed by atoms with Gasteiger partial charge in [-0.1, -0.05) is 267 Å². The first-order valence-corrected chi connectivity index (χ1v) is 32.8. The highest BCUT2D eigenvalue weighted by molar-refractivity contribution is 7.27. The van der Waals surface area contributed by atoms with E-state index < -0.39 is 0 Å². The second-order valence-corrected chi connectivity index (χ2v) is 25.5. The number of fused-ring (bicyclic) bond motifs is 24. The normalized spacial score (nSPS) is 11.7. The number of aromatic nitrogens is 8. The number of aromatic amines is 1. The van der Waals surface area contributed by atoms with Crippen molar-refractivity contribution in [2.24, 2.45) is 0 Å². The molecule has 11 heteroatoms. The molecule has 0 amide bonds. The lowest BCUT2D eigenvalue weighted by Crippen LogP contribution is -2.06. The Bertz CT molecular complexity index is 6210. The average Bonchev–Trinajstić information content (AvgIpc) is 1.47. The van der Waals surface area contributed by atoms with Crippen LogP contribution in [0.5, 0.6) is 0 Å². The summed E-state index contributed by atoms with van der Waals surface area (Å²) >= 11 is 9.77. The SMILES string of the molecule is Clc1nc(-c2ccccc2)nc(-c2ccccc2)n1.c1ccc(-c2nc(-c3ccccc3)nc(-n3c4ccccc4c4c5sc6ccccc6c5c5c6ccccc6ccc5c43)n2)cc1.c1ccc2c(c1)ccc1c3[nH]c4ccccc4c3c3sc4ccccc4c3c21. The van der Waals surface area contributed by atoms with Gasteiger partial charge in [0, 0.05) is 111 Å². The number of halogens is 1. The summed E-state index contributed by atoms with van der Waals surface area (Å²) in [6.07, 6.45) is 0. The number of nitrogens with one attached hydrogen (secondary N) is 1. The molecule has 0 bridgehead atoms. The van der Waals surface area contributed by atoms with E-state index in [0.29, 0.717) is 29.2 Å². The fourth-order valence-corrected chi connectivity index (χ4v) is 16.3. The van der Waals surface area contributed by atoms with Crippen LogP contribution in [0.2, 0.25) is 5.28 Å². The van der Waals surface area contributed by atoms with Gasteiger partial charge in [-0.15, -0.1) is 22.7 Å². The van der Waals surface area contributed by atoms with Crippen molar-refractivity contribution in [3.63, 3.8) is 0 Å². The number of nitrogens with zero attached hydrogens (tertiary/aromatic N) is 7. The number of H-pyrrole nitrogens is 1. The van der Waals surface area contributed by atoms with Crippen molar-refractivity contribution < 1.29 is 0 Å². The van der Waals surface area contributed by atoms with Crippen LogP contribution in [0.4, 0.5) is 0 Å². The third kappa shape index (κ3) is 9.17. The highest BCUT2D eigenvalue weighted by Crippen LogP contribution is 2.51. The Morgan fingerprint density at radius 3 is 1.22 bits per heavy atom. The maximum Gasteiger partial charge on any atom is 0.238 e. The summed E-state index contributed by atoms with van der Waals surface area (Å²) in [4.78, 5) is 32.0. The van der Waals surface area contributed by atoms with Gasteiger partial charge in [0.2, 0.25) is 11.2 Å². The molecule has 0 spiro atoms. The number of hydrogen-bond acceptors (Lipinski definition) is 8. The molecule has 0 unspecified atom stereocenters. The Labute approximate surface area is 545 Å². The largest absolute Gasteiger partial charge is 0.354 e. The van der Waals surface area contributed by atoms with Crippen molar-refractivity contribution in [1.29, 1.82) is 0 Å². The van der Waals surface area contributed by atoms with E-state index in [1.807, 2.05) is 120 Å². The second kappa shape index (κ2) is 22.4. The maximum atomic E-state index is 5.99. The molecule has 0 atom stereocenters. The minimum atomic E-state index is 0.202. The van der Waals surface area contributed by atoms with Crippen LogP contribution in [0.15, 0.2) is 291 Å². The highest BCUT2D eigenvalue weighted by atomic mass is 35.5. The predicted octanol–water partition coefficient (Wildman–Crippen LogP) is 22.8. The second-order valence-electron chi connectivity index (χ2n) is 23.0. The summed E-state index contributed by atoms with van der Waals surface area (Å²) in [7, 11) is 0. The van der Waals surface area contributed by atoms with E-state index in [2.05, 4.69) is 219 Å². The van der Waals surface area contributed by atoms with Gasteiger partial charge in [0.05, 0.1) is 16.6 Å². The van der Waals surface area contributed by atoms with E-state index in [9.17, 15) is 0 Å². The Morgan fingerprint density at radius 2 is 0.688 bits per heavy atom. The summed E-state index contributed by atoms with van der Waals surface area (Å²) in [6.45, 7) is 0. The van der Waals surface area contributed by atoms with Crippen molar-refractivity contribution in [3.8, 4) is 51.5 Å². The molecule has 14 aromatic carbocycles. The van der Waals surface area contributed by atoms with Crippen LogP contribution < -0.4 is 0 Å². The number of rotatable bonds is 5. The van der Waals surface area contributed by atoms with Gasteiger partial charge in [0.15, 0.2) is 23.3 Å². The fourth-order valence-electron chi connectivity index (χ4n) is 13.6. The zero-order valence-electron chi connectivity index (χ0n) is 49.5. The third-order valence-corrected chi connectivity index (χ3v) is 20.2. The predicted molar refractivity (Wildman–Crippen MR) is 392 cm³/mol. The molecular weight excluding hydrogens is 1200 g/mol. The van der Waals surface area contributed by atoms with E-state index in [-0.39, 0.29) is 5.28 Å². The molecule has 1 N–H and O–H groups in total. The summed E-state index contributed by atoms with van der Waals surface area (Å²) in [6, 6.07) is 101. The van der Waals surface area contributed by atoms with E-state index in [1.54, 1.807) is 0 Å². The van der Waals surface area contributed by atoms with Crippen molar-refractivity contribution in [2.75, 3.05) is 0 Å². The summed E-state index contributed by atoms with van der Waals surface area (Å²) in [5.74, 6) is 3.06. The molecule has 93 heavy (non-hydrogen) atoms. The molecule has 0 radical (unpaired) electrons. The van der Waals surface area contributed by atoms with Crippen LogP contribution >= 0.6 is 34.3 Å². The quantitative estimate of drug-likeness (QED) is 0.172. The minimum absolute atomic E-state index is 0.202. The van der Waals surface area contributed by atoms with Gasteiger partial charge >= 0.3 is 0 Å². The van der Waals surface area contributed by atoms with E-state index >= 15 is 0 Å². The van der Waals surface area contributed by atoms with Crippen molar-refractivity contribution >= 4 is 161 Å². The standard InChI is InChI=1S/C41H24N4S.C26H15NS.C15H10ClN3/c1-3-14-26(15-4-1)39-42-40(27-16-5-2-6-17-27)44-41(43-39)45-32-21-11-9-19-29(32)36-37(45)31-24-23-25-13-7-8-18-28(25)34(31)35-30-20-10-12-22-33(30)46-38(35)36;1-2-8-16-15(7-1)13-14-19-22(16)23-18-10-4-6-12-21(18)28-26(23)24-17-9-3-5-11-20(17)27-25(19)24;16-15-18-13(11-7-3-1-4-8-11)17-14(19-15)12-9-5-2-6-10-12/h1-24H;1-14,27H;1-10H. The van der Waals surface area contributed by atoms with Crippen molar-refractivity contribution in [1.82, 2.24) is 39.5 Å². The first-order chi connectivity index (χ1) is 46.1. The molecule has 0 aliphatic heterocycles. The van der Waals surface area contributed by atoms with Crippen LogP contribution in [-0.2, 0) is 0 Å². The molecule has 0 saturated carbocycles. The molecule has 6 heterocycles. The molecular formula is C82H49ClN8S2. The number of thiophene rings is 2. The first-order valence-electron chi connectivity index (χ1n) is 30.8. The van der Waals surface area contributed by atoms with Gasteiger partial charge in [-0.2, -0.15) is 19.9 Å². The van der Waals surface area contributed by atoms with Crippen molar-refractivity contribution in [2.45, 2.75) is 0 Å². The van der Waals surface area contributed by atoms with Gasteiger partial charge < -0.3 is 4.98 Å². The minimum Gasteiger partial charge on any atom is -0.354 e. The van der Waals surface area contributed by atoms with Crippen LogP contribution in [0, 0.1) is 0 Å². The summed E-state index contributed by atoms with van der Waals surface area (Å²) in [5.41, 5.74) is 8.39. The molecule has 0 fully saturated rings. The van der Waals surface area contributed by atoms with Gasteiger partial charge in [-0.25, -0.2) is 9.97 Å². The molecule has 436 valence electrons. The Morgan fingerprint density at radius 1 is 0.290 bits per heavy atom. The molecule has 20 aromatic rings.